The van der Waals surface area contributed by atoms with Crippen molar-refractivity contribution in [3.63, 3.8) is 0 Å². The molecule has 0 aromatic heterocycles. The van der Waals surface area contributed by atoms with Gasteiger partial charge in [0.15, 0.2) is 0 Å². The van der Waals surface area contributed by atoms with Gasteiger partial charge in [-0.1, -0.05) is 40.5 Å². The van der Waals surface area contributed by atoms with E-state index in [0.29, 0.717) is 0 Å². The Bertz CT molecular complexity index is 145. The van der Waals surface area contributed by atoms with Gasteiger partial charge in [0.1, 0.15) is 0 Å². The Kier molecular flexibility index (Phi) is 4.94. The molecule has 1 rings (SSSR count). The molecule has 0 aliphatic heterocycles. The van der Waals surface area contributed by atoms with Gasteiger partial charge in [0.25, 0.3) is 0 Å². The summed E-state index contributed by atoms with van der Waals surface area (Å²) in [5.41, 5.74) is 0. The minimum absolute atomic E-state index is 0.757. The monoisotopic (exact) mass is 197 g/mol. The largest absolute Gasteiger partial charge is 0.314 e. The van der Waals surface area contributed by atoms with Crippen molar-refractivity contribution in [1.29, 1.82) is 0 Å². The molecule has 0 saturated heterocycles. The van der Waals surface area contributed by atoms with E-state index in [1.165, 1.54) is 25.7 Å². The summed E-state index contributed by atoms with van der Waals surface area (Å²) in [5.74, 6) is 2.69. The molecule has 14 heavy (non-hydrogen) atoms. The highest BCUT2D eigenvalue weighted by molar-refractivity contribution is 4.82. The van der Waals surface area contributed by atoms with Crippen LogP contribution in [0.2, 0.25) is 0 Å². The van der Waals surface area contributed by atoms with Gasteiger partial charge < -0.3 is 5.32 Å². The first-order chi connectivity index (χ1) is 6.65. The molecular formula is C13H27N. The minimum Gasteiger partial charge on any atom is -0.314 e. The Morgan fingerprint density at radius 3 is 2.14 bits per heavy atom. The molecule has 0 amide bonds. The summed E-state index contributed by atoms with van der Waals surface area (Å²) in [5, 5.41) is 3.67. The van der Waals surface area contributed by atoms with Crippen LogP contribution in [0, 0.1) is 17.8 Å². The molecule has 0 aromatic rings. The maximum Gasteiger partial charge on any atom is 0.0118 e. The summed E-state index contributed by atoms with van der Waals surface area (Å²) in [6.07, 6.45) is 5.77. The third kappa shape index (κ3) is 3.27. The van der Waals surface area contributed by atoms with E-state index in [4.69, 9.17) is 0 Å². The second kappa shape index (κ2) is 5.75. The number of hydrogen-bond acceptors (Lipinski definition) is 1. The first kappa shape index (κ1) is 12.0. The quantitative estimate of drug-likeness (QED) is 0.728. The van der Waals surface area contributed by atoms with Crippen LogP contribution in [-0.4, -0.2) is 12.6 Å². The molecule has 1 heteroatoms. The molecule has 1 fully saturated rings. The zero-order valence-electron chi connectivity index (χ0n) is 10.3. The Morgan fingerprint density at radius 2 is 1.71 bits per heavy atom. The van der Waals surface area contributed by atoms with Crippen LogP contribution in [0.15, 0.2) is 0 Å². The van der Waals surface area contributed by atoms with Gasteiger partial charge >= 0.3 is 0 Å². The Labute approximate surface area is 89.7 Å². The fraction of sp³-hybridized carbons (Fsp3) is 1.00. The van der Waals surface area contributed by atoms with Crippen LogP contribution < -0.4 is 5.32 Å². The lowest BCUT2D eigenvalue weighted by molar-refractivity contribution is 0.198. The van der Waals surface area contributed by atoms with Crippen molar-refractivity contribution in [2.75, 3.05) is 6.54 Å². The van der Waals surface area contributed by atoms with Crippen LogP contribution in [0.1, 0.15) is 53.4 Å². The molecule has 0 aromatic carbocycles. The van der Waals surface area contributed by atoms with Gasteiger partial charge in [0, 0.05) is 6.04 Å². The fourth-order valence-corrected chi connectivity index (χ4v) is 2.83. The summed E-state index contributed by atoms with van der Waals surface area (Å²) >= 11 is 0. The van der Waals surface area contributed by atoms with E-state index in [-0.39, 0.29) is 0 Å². The average molecular weight is 197 g/mol. The molecule has 1 atom stereocenters. The highest BCUT2D eigenvalue weighted by Gasteiger charge is 2.27. The van der Waals surface area contributed by atoms with Crippen molar-refractivity contribution in [3.05, 3.63) is 0 Å². The summed E-state index contributed by atoms with van der Waals surface area (Å²) < 4.78 is 0. The number of nitrogens with one attached hydrogen (secondary N) is 1. The first-order valence-corrected chi connectivity index (χ1v) is 6.38. The van der Waals surface area contributed by atoms with Crippen LogP contribution in [0.25, 0.3) is 0 Å². The average Bonchev–Trinajstić information content (AvgIpc) is 2.15. The topological polar surface area (TPSA) is 12.0 Å². The van der Waals surface area contributed by atoms with E-state index in [9.17, 15) is 0 Å². The van der Waals surface area contributed by atoms with Crippen LogP contribution in [-0.2, 0) is 0 Å². The maximum absolute atomic E-state index is 3.67. The van der Waals surface area contributed by atoms with E-state index in [1.807, 2.05) is 0 Å². The van der Waals surface area contributed by atoms with Crippen LogP contribution >= 0.6 is 0 Å². The maximum atomic E-state index is 3.67. The first-order valence-electron chi connectivity index (χ1n) is 6.38. The summed E-state index contributed by atoms with van der Waals surface area (Å²) in [6, 6.07) is 0.757. The van der Waals surface area contributed by atoms with E-state index in [0.717, 1.165) is 30.3 Å². The summed E-state index contributed by atoms with van der Waals surface area (Å²) in [6.45, 7) is 10.4. The van der Waals surface area contributed by atoms with E-state index >= 15 is 0 Å². The molecule has 1 aliphatic carbocycles. The zero-order valence-corrected chi connectivity index (χ0v) is 10.3. The highest BCUT2D eigenvalue weighted by Crippen LogP contribution is 2.32. The standard InChI is InChI=1S/C13H27N/c1-5-14-13(10(2)3)12-8-6-11(4)7-9-12/h10-14H,5-9H2,1-4H3. The van der Waals surface area contributed by atoms with E-state index in [2.05, 4.69) is 33.0 Å². The van der Waals surface area contributed by atoms with Crippen molar-refractivity contribution in [2.24, 2.45) is 17.8 Å². The molecule has 0 bridgehead atoms. The third-order valence-corrected chi connectivity index (χ3v) is 3.73. The van der Waals surface area contributed by atoms with Crippen LogP contribution in [0.4, 0.5) is 0 Å². The summed E-state index contributed by atoms with van der Waals surface area (Å²) in [7, 11) is 0. The lowest BCUT2D eigenvalue weighted by atomic mass is 9.76. The predicted octanol–water partition coefficient (Wildman–Crippen LogP) is 3.45. The number of hydrogen-bond donors (Lipinski definition) is 1. The smallest absolute Gasteiger partial charge is 0.0118 e. The molecule has 84 valence electrons. The van der Waals surface area contributed by atoms with Gasteiger partial charge in [0.2, 0.25) is 0 Å². The van der Waals surface area contributed by atoms with Gasteiger partial charge in [0.05, 0.1) is 0 Å². The van der Waals surface area contributed by atoms with Gasteiger partial charge in [-0.25, -0.2) is 0 Å². The van der Waals surface area contributed by atoms with Gasteiger partial charge in [-0.15, -0.1) is 0 Å². The summed E-state index contributed by atoms with van der Waals surface area (Å²) in [4.78, 5) is 0. The molecule has 1 nitrogen and oxygen atoms in total. The molecule has 1 saturated carbocycles. The van der Waals surface area contributed by atoms with E-state index < -0.39 is 0 Å². The Hall–Kier alpha value is -0.0400. The van der Waals surface area contributed by atoms with Crippen molar-refractivity contribution in [3.8, 4) is 0 Å². The minimum atomic E-state index is 0.757. The molecule has 0 heterocycles. The SMILES string of the molecule is CCNC(C(C)C)C1CCC(C)CC1. The van der Waals surface area contributed by atoms with Gasteiger partial charge in [-0.2, -0.15) is 0 Å². The second-order valence-electron chi connectivity index (χ2n) is 5.35. The zero-order chi connectivity index (χ0) is 10.6. The molecular weight excluding hydrogens is 170 g/mol. The molecule has 1 N–H and O–H groups in total. The van der Waals surface area contributed by atoms with Gasteiger partial charge in [-0.3, -0.25) is 0 Å². The normalized spacial score (nSPS) is 30.6. The molecule has 1 aliphatic rings. The van der Waals surface area contributed by atoms with Crippen LogP contribution in [0.3, 0.4) is 0 Å². The van der Waals surface area contributed by atoms with Crippen LogP contribution in [0.5, 0.6) is 0 Å². The highest BCUT2D eigenvalue weighted by atomic mass is 14.9. The van der Waals surface area contributed by atoms with Crippen molar-refractivity contribution >= 4 is 0 Å². The lowest BCUT2D eigenvalue weighted by Crippen LogP contribution is -2.41. The van der Waals surface area contributed by atoms with Crippen molar-refractivity contribution in [1.82, 2.24) is 5.32 Å². The molecule has 0 spiro atoms. The Balaban J connectivity index is 2.43. The number of rotatable bonds is 4. The van der Waals surface area contributed by atoms with E-state index in [1.54, 1.807) is 0 Å². The molecule has 0 radical (unpaired) electrons. The predicted molar refractivity (Wildman–Crippen MR) is 63.4 cm³/mol. The van der Waals surface area contributed by atoms with Crippen molar-refractivity contribution in [2.45, 2.75) is 59.4 Å². The fourth-order valence-electron chi connectivity index (χ4n) is 2.83. The lowest BCUT2D eigenvalue weighted by Gasteiger charge is -2.35. The molecule has 1 unspecified atom stereocenters. The van der Waals surface area contributed by atoms with Gasteiger partial charge in [-0.05, 0) is 37.1 Å². The third-order valence-electron chi connectivity index (χ3n) is 3.73. The van der Waals surface area contributed by atoms with Crippen molar-refractivity contribution < 1.29 is 0 Å². The Morgan fingerprint density at radius 1 is 1.14 bits per heavy atom. The second-order valence-corrected chi connectivity index (χ2v) is 5.35.